The molecule has 1 atom stereocenters. The predicted molar refractivity (Wildman–Crippen MR) is 65.3 cm³/mol. The van der Waals surface area contributed by atoms with Crippen molar-refractivity contribution in [3.8, 4) is 5.69 Å². The molecule has 0 bridgehead atoms. The van der Waals surface area contributed by atoms with Crippen LogP contribution in [0.2, 0.25) is 0 Å². The Morgan fingerprint density at radius 1 is 1.44 bits per heavy atom. The number of aryl methyl sites for hydroxylation is 1. The standard InChI is InChI=1S/C12H14N4O2/c1-8-7-14-16(15-8)10-4-2-9(3-5-10)11(13)6-12(17)18/h2-5,7,11H,6,13H2,1H3,(H,17,18). The molecule has 1 heterocycles. The second-order valence-corrected chi connectivity index (χ2v) is 4.07. The lowest BCUT2D eigenvalue weighted by Gasteiger charge is -2.09. The number of hydrogen-bond acceptors (Lipinski definition) is 4. The maximum atomic E-state index is 10.6. The van der Waals surface area contributed by atoms with Crippen LogP contribution in [-0.2, 0) is 4.79 Å². The summed E-state index contributed by atoms with van der Waals surface area (Å²) in [6, 6.07) is 6.72. The van der Waals surface area contributed by atoms with Crippen molar-refractivity contribution in [3.05, 3.63) is 41.7 Å². The van der Waals surface area contributed by atoms with E-state index in [4.69, 9.17) is 10.8 Å². The first-order valence-electron chi connectivity index (χ1n) is 5.53. The Balaban J connectivity index is 2.17. The average Bonchev–Trinajstić information content (AvgIpc) is 2.75. The molecule has 0 aliphatic carbocycles. The van der Waals surface area contributed by atoms with Gasteiger partial charge in [0.05, 0.1) is 24.0 Å². The van der Waals surface area contributed by atoms with E-state index in [1.165, 1.54) is 4.80 Å². The molecule has 3 N–H and O–H groups in total. The lowest BCUT2D eigenvalue weighted by Crippen LogP contribution is -2.15. The number of benzene rings is 1. The maximum absolute atomic E-state index is 10.6. The number of aliphatic carboxylic acids is 1. The van der Waals surface area contributed by atoms with Crippen LogP contribution >= 0.6 is 0 Å². The largest absolute Gasteiger partial charge is 0.481 e. The van der Waals surface area contributed by atoms with E-state index in [1.54, 1.807) is 18.3 Å². The van der Waals surface area contributed by atoms with Gasteiger partial charge in [-0.2, -0.15) is 15.0 Å². The SMILES string of the molecule is Cc1cnn(-c2ccc(C(N)CC(=O)O)cc2)n1. The Morgan fingerprint density at radius 2 is 2.11 bits per heavy atom. The molecule has 2 aromatic rings. The number of carbonyl (C=O) groups is 1. The van der Waals surface area contributed by atoms with Crippen molar-refractivity contribution in [1.29, 1.82) is 0 Å². The minimum atomic E-state index is -0.907. The predicted octanol–water partition coefficient (Wildman–Crippen LogP) is 1.05. The lowest BCUT2D eigenvalue weighted by atomic mass is 10.0. The summed E-state index contributed by atoms with van der Waals surface area (Å²) in [5.41, 5.74) is 8.20. The van der Waals surface area contributed by atoms with E-state index < -0.39 is 12.0 Å². The van der Waals surface area contributed by atoms with Gasteiger partial charge in [0.25, 0.3) is 0 Å². The van der Waals surface area contributed by atoms with Crippen LogP contribution in [0, 0.1) is 6.92 Å². The number of aromatic nitrogens is 3. The number of hydrogen-bond donors (Lipinski definition) is 2. The van der Waals surface area contributed by atoms with Gasteiger partial charge in [-0.3, -0.25) is 4.79 Å². The van der Waals surface area contributed by atoms with E-state index in [0.29, 0.717) is 0 Å². The highest BCUT2D eigenvalue weighted by molar-refractivity contribution is 5.67. The Morgan fingerprint density at radius 3 is 2.61 bits per heavy atom. The number of nitrogens with zero attached hydrogens (tertiary/aromatic N) is 3. The third kappa shape index (κ3) is 2.72. The first-order chi connectivity index (χ1) is 8.56. The van der Waals surface area contributed by atoms with Gasteiger partial charge in [0, 0.05) is 6.04 Å². The van der Waals surface area contributed by atoms with Gasteiger partial charge in [-0.1, -0.05) is 12.1 Å². The minimum absolute atomic E-state index is 0.0848. The molecule has 0 saturated carbocycles. The molecule has 94 valence electrons. The van der Waals surface area contributed by atoms with E-state index in [1.807, 2.05) is 19.1 Å². The maximum Gasteiger partial charge on any atom is 0.305 e. The molecule has 0 saturated heterocycles. The van der Waals surface area contributed by atoms with Crippen molar-refractivity contribution in [3.63, 3.8) is 0 Å². The van der Waals surface area contributed by atoms with Gasteiger partial charge in [0.1, 0.15) is 0 Å². The van der Waals surface area contributed by atoms with Crippen LogP contribution in [0.15, 0.2) is 30.5 Å². The molecular formula is C12H14N4O2. The van der Waals surface area contributed by atoms with Gasteiger partial charge in [-0.15, -0.1) is 0 Å². The van der Waals surface area contributed by atoms with Gasteiger partial charge >= 0.3 is 5.97 Å². The summed E-state index contributed by atoms with van der Waals surface area (Å²) >= 11 is 0. The fourth-order valence-corrected chi connectivity index (χ4v) is 1.62. The van der Waals surface area contributed by atoms with Crippen LogP contribution < -0.4 is 5.73 Å². The molecule has 1 aromatic heterocycles. The van der Waals surface area contributed by atoms with Gasteiger partial charge in [-0.25, -0.2) is 0 Å². The van der Waals surface area contributed by atoms with E-state index in [2.05, 4.69) is 10.2 Å². The molecule has 2 rings (SSSR count). The molecule has 6 heteroatoms. The normalized spacial score (nSPS) is 12.3. The molecule has 1 unspecified atom stereocenters. The van der Waals surface area contributed by atoms with Crippen molar-refractivity contribution in [2.45, 2.75) is 19.4 Å². The van der Waals surface area contributed by atoms with Gasteiger partial charge in [0.15, 0.2) is 0 Å². The fourth-order valence-electron chi connectivity index (χ4n) is 1.62. The lowest BCUT2D eigenvalue weighted by molar-refractivity contribution is -0.137. The zero-order valence-corrected chi connectivity index (χ0v) is 9.95. The summed E-state index contributed by atoms with van der Waals surface area (Å²) in [6.45, 7) is 1.86. The monoisotopic (exact) mass is 246 g/mol. The number of nitrogens with two attached hydrogens (primary N) is 1. The van der Waals surface area contributed by atoms with Gasteiger partial charge in [-0.05, 0) is 24.6 Å². The molecule has 6 nitrogen and oxygen atoms in total. The van der Waals surface area contributed by atoms with E-state index >= 15 is 0 Å². The molecule has 0 aliphatic heterocycles. The quantitative estimate of drug-likeness (QED) is 0.840. The van der Waals surface area contributed by atoms with Crippen LogP contribution in [0.5, 0.6) is 0 Å². The first kappa shape index (κ1) is 12.3. The summed E-state index contributed by atoms with van der Waals surface area (Å²) in [5, 5.41) is 16.9. The summed E-state index contributed by atoms with van der Waals surface area (Å²) in [7, 11) is 0. The highest BCUT2D eigenvalue weighted by Crippen LogP contribution is 2.16. The number of carboxylic acids is 1. The van der Waals surface area contributed by atoms with Crippen LogP contribution in [0.1, 0.15) is 23.7 Å². The number of carboxylic acid groups (broad SMARTS) is 1. The van der Waals surface area contributed by atoms with E-state index in [9.17, 15) is 4.79 Å². The Bertz CT molecular complexity index is 547. The van der Waals surface area contributed by atoms with Crippen LogP contribution in [0.3, 0.4) is 0 Å². The van der Waals surface area contributed by atoms with Crippen molar-refractivity contribution in [2.24, 2.45) is 5.73 Å². The van der Waals surface area contributed by atoms with Crippen molar-refractivity contribution >= 4 is 5.97 Å². The highest BCUT2D eigenvalue weighted by atomic mass is 16.4. The molecule has 0 radical (unpaired) electrons. The Kier molecular flexibility index (Phi) is 3.38. The zero-order valence-electron chi connectivity index (χ0n) is 9.95. The van der Waals surface area contributed by atoms with E-state index in [0.717, 1.165) is 16.9 Å². The van der Waals surface area contributed by atoms with Crippen LogP contribution in [0.4, 0.5) is 0 Å². The zero-order chi connectivity index (χ0) is 13.1. The van der Waals surface area contributed by atoms with Crippen molar-refractivity contribution in [2.75, 3.05) is 0 Å². The second-order valence-electron chi connectivity index (χ2n) is 4.07. The summed E-state index contributed by atoms with van der Waals surface area (Å²) < 4.78 is 0. The molecule has 0 aliphatic rings. The Labute approximate surface area is 104 Å². The summed E-state index contributed by atoms with van der Waals surface area (Å²) in [5.74, 6) is -0.907. The van der Waals surface area contributed by atoms with E-state index in [-0.39, 0.29) is 6.42 Å². The molecular weight excluding hydrogens is 232 g/mol. The van der Waals surface area contributed by atoms with Crippen molar-refractivity contribution < 1.29 is 9.90 Å². The average molecular weight is 246 g/mol. The van der Waals surface area contributed by atoms with Gasteiger partial charge < -0.3 is 10.8 Å². The fraction of sp³-hybridized carbons (Fsp3) is 0.250. The second kappa shape index (κ2) is 4.97. The topological polar surface area (TPSA) is 94.0 Å². The number of rotatable bonds is 4. The molecule has 18 heavy (non-hydrogen) atoms. The van der Waals surface area contributed by atoms with Gasteiger partial charge in [0.2, 0.25) is 0 Å². The smallest absolute Gasteiger partial charge is 0.305 e. The van der Waals surface area contributed by atoms with Crippen LogP contribution in [-0.4, -0.2) is 26.1 Å². The van der Waals surface area contributed by atoms with Crippen LogP contribution in [0.25, 0.3) is 5.69 Å². The molecule has 1 aromatic carbocycles. The molecule has 0 fully saturated rings. The third-order valence-electron chi connectivity index (χ3n) is 2.55. The molecule has 0 amide bonds. The minimum Gasteiger partial charge on any atom is -0.481 e. The highest BCUT2D eigenvalue weighted by Gasteiger charge is 2.10. The molecule has 0 spiro atoms. The third-order valence-corrected chi connectivity index (χ3v) is 2.55. The summed E-state index contributed by atoms with van der Waals surface area (Å²) in [6.07, 6.45) is 1.59. The van der Waals surface area contributed by atoms with Crippen molar-refractivity contribution in [1.82, 2.24) is 15.0 Å². The Hall–Kier alpha value is -2.21. The first-order valence-corrected chi connectivity index (χ1v) is 5.53. The summed E-state index contributed by atoms with van der Waals surface area (Å²) in [4.78, 5) is 12.1.